The molecule has 0 saturated heterocycles. The molecule has 1 aliphatic carbocycles. The Balaban J connectivity index is 1.30. The van der Waals surface area contributed by atoms with Crippen LogP contribution < -0.4 is 31.1 Å². The van der Waals surface area contributed by atoms with E-state index in [9.17, 15) is 0 Å². The molecule has 11 rings (SSSR count). The van der Waals surface area contributed by atoms with E-state index in [1.165, 1.54) is 83.8 Å². The minimum Gasteiger partial charge on any atom is -0.311 e. The van der Waals surface area contributed by atoms with E-state index in [0.717, 1.165) is 35.6 Å². The molecule has 69 heavy (non-hydrogen) atoms. The van der Waals surface area contributed by atoms with Crippen LogP contribution in [0, 0.1) is 5.41 Å². The average molecular weight is 900 g/mol. The first-order chi connectivity index (χ1) is 32.8. The van der Waals surface area contributed by atoms with Gasteiger partial charge in [0.1, 0.15) is 0 Å². The van der Waals surface area contributed by atoms with Crippen molar-refractivity contribution in [3.05, 3.63) is 204 Å². The van der Waals surface area contributed by atoms with Crippen LogP contribution in [-0.4, -0.2) is 6.71 Å². The topological polar surface area (TPSA) is 9.72 Å². The van der Waals surface area contributed by atoms with Crippen LogP contribution in [-0.2, 0) is 29.1 Å². The molecule has 0 fully saturated rings. The monoisotopic (exact) mass is 900 g/mol. The molecule has 0 amide bonds. The van der Waals surface area contributed by atoms with E-state index >= 15 is 0 Å². The summed E-state index contributed by atoms with van der Waals surface area (Å²) in [6, 6.07) is 67.2. The van der Waals surface area contributed by atoms with Crippen molar-refractivity contribution < 1.29 is 0 Å². The molecule has 0 N–H and O–H groups in total. The van der Waals surface area contributed by atoms with E-state index in [1.54, 1.807) is 0 Å². The molecule has 8 aromatic carbocycles. The number of benzene rings is 8. The number of fused-ring (bicyclic) bond motifs is 5. The third-order valence-corrected chi connectivity index (χ3v) is 15.0. The highest BCUT2D eigenvalue weighted by Gasteiger charge is 2.46. The maximum Gasteiger partial charge on any atom is 0.252 e. The highest BCUT2D eigenvalue weighted by Crippen LogP contribution is 2.51. The Bertz CT molecular complexity index is 3200. The third kappa shape index (κ3) is 7.87. The van der Waals surface area contributed by atoms with Gasteiger partial charge in [0.05, 0.1) is 11.4 Å². The van der Waals surface area contributed by atoms with Gasteiger partial charge in [-0.25, -0.2) is 0 Å². The predicted molar refractivity (Wildman–Crippen MR) is 298 cm³/mol. The summed E-state index contributed by atoms with van der Waals surface area (Å²) in [5.41, 5.74) is 24.2. The summed E-state index contributed by atoms with van der Waals surface area (Å²) in [5, 5.41) is 0. The maximum atomic E-state index is 2.67. The second-order valence-corrected chi connectivity index (χ2v) is 23.9. The summed E-state index contributed by atoms with van der Waals surface area (Å²) in [4.78, 5) is 7.70. The van der Waals surface area contributed by atoms with Gasteiger partial charge in [0.25, 0.3) is 6.71 Å². The number of hydrogen-bond acceptors (Lipinski definition) is 3. The molecular weight excluding hydrogens is 834 g/mol. The van der Waals surface area contributed by atoms with E-state index in [4.69, 9.17) is 0 Å². The fourth-order valence-corrected chi connectivity index (χ4v) is 11.4. The standard InChI is InChI=1S/C65H66BN3/c1-62(2,3)46-27-31-51(32-28-46)68-57-34-30-48(64(7,8)9)38-55(57)66-54-35-44-41-65(10,11)42-45(44)36-58(54)69(56-33-29-47(63(4,5)6)37-53(56)43-21-15-12-16-22-43)60-40-52(39-59(68)61(60)66)67(49-23-17-13-18-24-49)50-25-19-14-20-26-50/h12-40H,41-42H2,1-11H3. The molecule has 0 bridgehead atoms. The van der Waals surface area contributed by atoms with Crippen molar-refractivity contribution in [2.75, 3.05) is 14.7 Å². The predicted octanol–water partition coefficient (Wildman–Crippen LogP) is 15.9. The van der Waals surface area contributed by atoms with Gasteiger partial charge in [-0.15, -0.1) is 0 Å². The van der Waals surface area contributed by atoms with Gasteiger partial charge < -0.3 is 14.7 Å². The molecule has 8 aromatic rings. The SMILES string of the molecule is CC1(C)Cc2cc3c(cc2C1)N(c1ccc(C(C)(C)C)cc1-c1ccccc1)c1cc(N(c2ccccc2)c2ccccc2)cc2c1B3c1cc(C(C)(C)C)ccc1N2c1ccc(C(C)(C)C)cc1. The first-order valence-corrected chi connectivity index (χ1v) is 25.1. The molecule has 0 saturated carbocycles. The normalized spacial score (nSPS) is 14.8. The van der Waals surface area contributed by atoms with E-state index in [0.29, 0.717) is 0 Å². The lowest BCUT2D eigenvalue weighted by Gasteiger charge is -2.46. The van der Waals surface area contributed by atoms with Crippen LogP contribution in [0.2, 0.25) is 0 Å². The zero-order valence-electron chi connectivity index (χ0n) is 42.6. The first kappa shape index (κ1) is 44.7. The Labute approximate surface area is 412 Å². The molecule has 3 aliphatic rings. The van der Waals surface area contributed by atoms with Crippen molar-refractivity contribution in [2.24, 2.45) is 5.41 Å². The van der Waals surface area contributed by atoms with E-state index in [-0.39, 0.29) is 28.4 Å². The summed E-state index contributed by atoms with van der Waals surface area (Å²) in [7, 11) is 0. The first-order valence-electron chi connectivity index (χ1n) is 25.1. The van der Waals surface area contributed by atoms with Crippen LogP contribution in [0.15, 0.2) is 176 Å². The quantitative estimate of drug-likeness (QED) is 0.154. The van der Waals surface area contributed by atoms with Gasteiger partial charge in [0.15, 0.2) is 0 Å². The molecule has 0 spiro atoms. The van der Waals surface area contributed by atoms with Gasteiger partial charge in [0, 0.05) is 45.4 Å². The average Bonchev–Trinajstić information content (AvgIpc) is 3.63. The fraction of sp³-hybridized carbons (Fsp3) is 0.262. The summed E-state index contributed by atoms with van der Waals surface area (Å²) < 4.78 is 0. The zero-order chi connectivity index (χ0) is 48.2. The molecule has 0 unspecified atom stereocenters. The van der Waals surface area contributed by atoms with Gasteiger partial charge in [-0.2, -0.15) is 0 Å². The highest BCUT2D eigenvalue weighted by atomic mass is 15.2. The summed E-state index contributed by atoms with van der Waals surface area (Å²) in [6.45, 7) is 25.8. The molecule has 0 aromatic heterocycles. The second-order valence-electron chi connectivity index (χ2n) is 23.9. The Morgan fingerprint density at radius 2 is 0.899 bits per heavy atom. The molecule has 2 heterocycles. The van der Waals surface area contributed by atoms with Gasteiger partial charge >= 0.3 is 0 Å². The van der Waals surface area contributed by atoms with Crippen LogP contribution >= 0.6 is 0 Å². The molecule has 0 radical (unpaired) electrons. The summed E-state index contributed by atoms with van der Waals surface area (Å²) in [6.07, 6.45) is 2.13. The Hall–Kier alpha value is -6.78. The zero-order valence-corrected chi connectivity index (χ0v) is 42.6. The van der Waals surface area contributed by atoms with Crippen LogP contribution in [0.4, 0.5) is 51.2 Å². The van der Waals surface area contributed by atoms with Crippen LogP contribution in [0.3, 0.4) is 0 Å². The lowest BCUT2D eigenvalue weighted by Crippen LogP contribution is -2.61. The lowest BCUT2D eigenvalue weighted by molar-refractivity contribution is 0.392. The number of para-hydroxylation sites is 2. The Morgan fingerprint density at radius 1 is 0.420 bits per heavy atom. The fourth-order valence-electron chi connectivity index (χ4n) is 11.4. The minimum atomic E-state index is -0.0437. The molecule has 344 valence electrons. The van der Waals surface area contributed by atoms with E-state index < -0.39 is 0 Å². The highest BCUT2D eigenvalue weighted by molar-refractivity contribution is 7.00. The molecule has 3 nitrogen and oxygen atoms in total. The van der Waals surface area contributed by atoms with Crippen molar-refractivity contribution in [3.63, 3.8) is 0 Å². The molecule has 0 atom stereocenters. The van der Waals surface area contributed by atoms with E-state index in [2.05, 4.69) is 267 Å². The van der Waals surface area contributed by atoms with Crippen molar-refractivity contribution in [3.8, 4) is 11.1 Å². The van der Waals surface area contributed by atoms with Gasteiger partial charge in [-0.1, -0.05) is 179 Å². The second kappa shape index (κ2) is 16.2. The van der Waals surface area contributed by atoms with Gasteiger partial charge in [-0.05, 0) is 157 Å². The third-order valence-electron chi connectivity index (χ3n) is 15.0. The number of rotatable bonds is 6. The maximum absolute atomic E-state index is 2.67. The number of hydrogen-bond donors (Lipinski definition) is 0. The lowest BCUT2D eigenvalue weighted by atomic mass is 9.33. The largest absolute Gasteiger partial charge is 0.311 e. The number of nitrogens with zero attached hydrogens (tertiary/aromatic N) is 3. The smallest absolute Gasteiger partial charge is 0.252 e. The number of anilines is 9. The van der Waals surface area contributed by atoms with Gasteiger partial charge in [-0.3, -0.25) is 0 Å². The Kier molecular flexibility index (Phi) is 10.5. The van der Waals surface area contributed by atoms with Crippen LogP contribution in [0.25, 0.3) is 11.1 Å². The van der Waals surface area contributed by atoms with Crippen LogP contribution in [0.1, 0.15) is 104 Å². The van der Waals surface area contributed by atoms with Crippen molar-refractivity contribution in [1.82, 2.24) is 0 Å². The molecule has 4 heteroatoms. The summed E-state index contributed by atoms with van der Waals surface area (Å²) in [5.74, 6) is 0. The van der Waals surface area contributed by atoms with Crippen molar-refractivity contribution in [1.29, 1.82) is 0 Å². The molecular formula is C65H66BN3. The summed E-state index contributed by atoms with van der Waals surface area (Å²) >= 11 is 0. The Morgan fingerprint density at radius 3 is 1.46 bits per heavy atom. The minimum absolute atomic E-state index is 0.0114. The van der Waals surface area contributed by atoms with Crippen molar-refractivity contribution in [2.45, 2.75) is 105 Å². The van der Waals surface area contributed by atoms with E-state index in [1.807, 2.05) is 0 Å². The van der Waals surface area contributed by atoms with Gasteiger partial charge in [0.2, 0.25) is 0 Å². The van der Waals surface area contributed by atoms with Crippen LogP contribution in [0.5, 0.6) is 0 Å². The molecule has 2 aliphatic heterocycles. The van der Waals surface area contributed by atoms with Crippen molar-refractivity contribution >= 4 is 74.3 Å².